The highest BCUT2D eigenvalue weighted by Gasteiger charge is 2.12. The fourth-order valence-electron chi connectivity index (χ4n) is 2.19. The van der Waals surface area contributed by atoms with Crippen LogP contribution in [0.4, 0.5) is 5.69 Å². The maximum absolute atomic E-state index is 11.2. The van der Waals surface area contributed by atoms with Gasteiger partial charge in [-0.2, -0.15) is 0 Å². The molecule has 0 aliphatic heterocycles. The molecular formula is C17H14Cl3NO4. The van der Waals surface area contributed by atoms with Gasteiger partial charge in [0.25, 0.3) is 0 Å². The largest absolute Gasteiger partial charge is 0.486 e. The molecule has 132 valence electrons. The minimum Gasteiger partial charge on any atom is -0.486 e. The summed E-state index contributed by atoms with van der Waals surface area (Å²) in [4.78, 5) is 21.9. The van der Waals surface area contributed by atoms with Crippen LogP contribution in [0.3, 0.4) is 0 Å². The first-order valence-electron chi connectivity index (χ1n) is 7.14. The van der Waals surface area contributed by atoms with Crippen LogP contribution < -0.4 is 10.1 Å². The van der Waals surface area contributed by atoms with Gasteiger partial charge in [-0.3, -0.25) is 9.59 Å². The molecule has 2 aromatic carbocycles. The molecule has 1 amide bonds. The summed E-state index contributed by atoms with van der Waals surface area (Å²) in [5, 5.41) is 12.3. The summed E-state index contributed by atoms with van der Waals surface area (Å²) in [5.74, 6) is -0.946. The first-order valence-corrected chi connectivity index (χ1v) is 8.27. The van der Waals surface area contributed by atoms with Crippen LogP contribution in [0.5, 0.6) is 5.75 Å². The third kappa shape index (κ3) is 5.81. The highest BCUT2D eigenvalue weighted by atomic mass is 35.5. The number of carboxylic acid groups (broad SMARTS) is 1. The van der Waals surface area contributed by atoms with Crippen LogP contribution in [0.2, 0.25) is 15.1 Å². The van der Waals surface area contributed by atoms with Crippen molar-refractivity contribution in [1.82, 2.24) is 0 Å². The Bertz CT molecular complexity index is 801. The van der Waals surface area contributed by atoms with Crippen LogP contribution in [0, 0.1) is 0 Å². The number of amides is 1. The van der Waals surface area contributed by atoms with Crippen molar-refractivity contribution in [3.05, 3.63) is 56.5 Å². The molecule has 0 aliphatic rings. The van der Waals surface area contributed by atoms with E-state index in [2.05, 4.69) is 5.32 Å². The highest BCUT2D eigenvalue weighted by Crippen LogP contribution is 2.35. The number of hydrogen-bond acceptors (Lipinski definition) is 3. The molecule has 0 atom stereocenters. The number of nitrogens with one attached hydrogen (secondary N) is 1. The Morgan fingerprint density at radius 1 is 1.04 bits per heavy atom. The van der Waals surface area contributed by atoms with Crippen molar-refractivity contribution >= 4 is 52.4 Å². The van der Waals surface area contributed by atoms with E-state index >= 15 is 0 Å². The topological polar surface area (TPSA) is 75.6 Å². The van der Waals surface area contributed by atoms with Crippen LogP contribution in [-0.4, -0.2) is 17.0 Å². The molecule has 0 fully saturated rings. The number of aliphatic carboxylic acids is 1. The van der Waals surface area contributed by atoms with Gasteiger partial charge in [-0.25, -0.2) is 0 Å². The second-order valence-electron chi connectivity index (χ2n) is 5.28. The molecular weight excluding hydrogens is 389 g/mol. The maximum atomic E-state index is 11.2. The third-order valence-corrected chi connectivity index (χ3v) is 3.85. The lowest BCUT2D eigenvalue weighted by Gasteiger charge is -2.13. The summed E-state index contributed by atoms with van der Waals surface area (Å²) in [5.41, 5.74) is 1.73. The number of benzene rings is 2. The normalized spacial score (nSPS) is 10.4. The second-order valence-corrected chi connectivity index (χ2v) is 6.53. The van der Waals surface area contributed by atoms with Gasteiger partial charge in [-0.15, -0.1) is 0 Å². The van der Waals surface area contributed by atoms with Gasteiger partial charge in [0.1, 0.15) is 6.61 Å². The van der Waals surface area contributed by atoms with E-state index in [1.165, 1.54) is 19.1 Å². The number of anilines is 1. The Labute approximate surface area is 159 Å². The van der Waals surface area contributed by atoms with Crippen LogP contribution in [0.15, 0.2) is 30.3 Å². The van der Waals surface area contributed by atoms with Crippen LogP contribution in [0.1, 0.15) is 18.1 Å². The lowest BCUT2D eigenvalue weighted by Crippen LogP contribution is -2.06. The van der Waals surface area contributed by atoms with Crippen molar-refractivity contribution in [3.63, 3.8) is 0 Å². The van der Waals surface area contributed by atoms with Crippen molar-refractivity contribution < 1.29 is 19.4 Å². The molecule has 0 unspecified atom stereocenters. The molecule has 0 spiro atoms. The molecule has 2 aromatic rings. The number of carboxylic acids is 1. The Hall–Kier alpha value is -1.95. The number of carbonyl (C=O) groups excluding carboxylic acids is 1. The van der Waals surface area contributed by atoms with Crippen LogP contribution in [-0.2, 0) is 22.6 Å². The van der Waals surface area contributed by atoms with Gasteiger partial charge in [-0.05, 0) is 41.5 Å². The number of ether oxygens (including phenoxy) is 1. The van der Waals surface area contributed by atoms with E-state index in [1.807, 2.05) is 0 Å². The third-order valence-electron chi connectivity index (χ3n) is 3.07. The van der Waals surface area contributed by atoms with E-state index in [-0.39, 0.29) is 34.7 Å². The summed E-state index contributed by atoms with van der Waals surface area (Å²) in [6.07, 6.45) is -0.186. The summed E-state index contributed by atoms with van der Waals surface area (Å²) >= 11 is 18.3. The summed E-state index contributed by atoms with van der Waals surface area (Å²) < 4.78 is 5.65. The number of carbonyl (C=O) groups is 2. The van der Waals surface area contributed by atoms with Crippen molar-refractivity contribution in [3.8, 4) is 5.75 Å². The molecule has 0 aromatic heterocycles. The molecule has 8 heteroatoms. The van der Waals surface area contributed by atoms with Crippen LogP contribution >= 0.6 is 34.8 Å². The minimum atomic E-state index is -0.981. The van der Waals surface area contributed by atoms with Crippen molar-refractivity contribution in [2.75, 3.05) is 5.32 Å². The zero-order chi connectivity index (χ0) is 18.6. The van der Waals surface area contributed by atoms with Gasteiger partial charge in [0, 0.05) is 17.6 Å². The number of rotatable bonds is 6. The fourth-order valence-corrected chi connectivity index (χ4v) is 3.09. The smallest absolute Gasteiger partial charge is 0.307 e. The summed E-state index contributed by atoms with van der Waals surface area (Å²) in [7, 11) is 0. The molecule has 0 aliphatic carbocycles. The van der Waals surface area contributed by atoms with Gasteiger partial charge < -0.3 is 15.2 Å². The SMILES string of the molecule is CC(=O)Nc1cc(Cl)cc(COc2c(Cl)cc(CC(=O)O)cc2Cl)c1. The predicted octanol–water partition coefficient (Wildman–Crippen LogP) is 4.81. The molecule has 5 nitrogen and oxygen atoms in total. The van der Waals surface area contributed by atoms with E-state index < -0.39 is 5.97 Å². The fraction of sp³-hybridized carbons (Fsp3) is 0.176. The average molecular weight is 403 g/mol. The number of hydrogen-bond donors (Lipinski definition) is 2. The molecule has 0 saturated carbocycles. The second kappa shape index (κ2) is 8.43. The molecule has 0 bridgehead atoms. The first-order chi connectivity index (χ1) is 11.7. The molecule has 0 radical (unpaired) electrons. The Morgan fingerprint density at radius 2 is 1.68 bits per heavy atom. The first kappa shape index (κ1) is 19.4. The zero-order valence-corrected chi connectivity index (χ0v) is 15.4. The van der Waals surface area contributed by atoms with Gasteiger partial charge in [-0.1, -0.05) is 34.8 Å². The monoisotopic (exact) mass is 401 g/mol. The van der Waals surface area contributed by atoms with Crippen molar-refractivity contribution in [1.29, 1.82) is 0 Å². The Balaban J connectivity index is 2.17. The molecule has 2 rings (SSSR count). The zero-order valence-electron chi connectivity index (χ0n) is 13.1. The molecule has 0 heterocycles. The number of halogens is 3. The molecule has 25 heavy (non-hydrogen) atoms. The van der Waals surface area contributed by atoms with E-state index in [9.17, 15) is 9.59 Å². The molecule has 0 saturated heterocycles. The van der Waals surface area contributed by atoms with Gasteiger partial charge in [0.15, 0.2) is 5.75 Å². The minimum absolute atomic E-state index is 0.116. The summed E-state index contributed by atoms with van der Waals surface area (Å²) in [6.45, 7) is 1.51. The van der Waals surface area contributed by atoms with Gasteiger partial charge in [0.05, 0.1) is 16.5 Å². The van der Waals surface area contributed by atoms with Gasteiger partial charge in [0.2, 0.25) is 5.91 Å². The Morgan fingerprint density at radius 3 is 2.24 bits per heavy atom. The van der Waals surface area contributed by atoms with E-state index in [1.54, 1.807) is 18.2 Å². The van der Waals surface area contributed by atoms with Crippen molar-refractivity contribution in [2.45, 2.75) is 20.0 Å². The van der Waals surface area contributed by atoms with E-state index in [0.29, 0.717) is 21.8 Å². The average Bonchev–Trinajstić information content (AvgIpc) is 2.44. The standard InChI is InChI=1S/C17H14Cl3NO4/c1-9(22)21-13-3-11(2-12(18)7-13)8-25-17-14(19)4-10(5-15(17)20)6-16(23)24/h2-5,7H,6,8H2,1H3,(H,21,22)(H,23,24). The van der Waals surface area contributed by atoms with E-state index in [0.717, 1.165) is 0 Å². The van der Waals surface area contributed by atoms with Crippen molar-refractivity contribution in [2.24, 2.45) is 0 Å². The lowest BCUT2D eigenvalue weighted by molar-refractivity contribution is -0.136. The van der Waals surface area contributed by atoms with E-state index in [4.69, 9.17) is 44.6 Å². The van der Waals surface area contributed by atoms with Gasteiger partial charge >= 0.3 is 5.97 Å². The predicted molar refractivity (Wildman–Crippen MR) is 97.9 cm³/mol. The molecule has 2 N–H and O–H groups in total. The highest BCUT2D eigenvalue weighted by molar-refractivity contribution is 6.37. The quantitative estimate of drug-likeness (QED) is 0.727. The Kier molecular flexibility index (Phi) is 6.53. The summed E-state index contributed by atoms with van der Waals surface area (Å²) in [6, 6.07) is 8.02. The van der Waals surface area contributed by atoms with Crippen LogP contribution in [0.25, 0.3) is 0 Å². The lowest BCUT2D eigenvalue weighted by atomic mass is 10.1. The maximum Gasteiger partial charge on any atom is 0.307 e.